The Morgan fingerprint density at radius 1 is 1.50 bits per heavy atom. The Bertz CT molecular complexity index is 423. The van der Waals surface area contributed by atoms with Crippen LogP contribution in [0, 0.1) is 0 Å². The summed E-state index contributed by atoms with van der Waals surface area (Å²) < 4.78 is 5.01. The molecule has 3 N–H and O–H groups in total. The van der Waals surface area contributed by atoms with Crippen molar-refractivity contribution in [1.82, 2.24) is 5.32 Å². The molecule has 0 aliphatic heterocycles. The zero-order valence-corrected chi connectivity index (χ0v) is 12.6. The Labute approximate surface area is 121 Å². The summed E-state index contributed by atoms with van der Waals surface area (Å²) in [7, 11) is 1.62. The van der Waals surface area contributed by atoms with E-state index in [1.54, 1.807) is 7.11 Å². The lowest BCUT2D eigenvalue weighted by molar-refractivity contribution is -0.120. The van der Waals surface area contributed by atoms with Crippen molar-refractivity contribution >= 4 is 17.3 Å². The van der Waals surface area contributed by atoms with Crippen molar-refractivity contribution in [3.63, 3.8) is 0 Å². The number of nitrogens with two attached hydrogens (primary N) is 1. The second kappa shape index (κ2) is 8.43. The first-order valence-electron chi connectivity index (χ1n) is 6.95. The van der Waals surface area contributed by atoms with Crippen LogP contribution in [0.25, 0.3) is 0 Å². The van der Waals surface area contributed by atoms with E-state index in [0.717, 1.165) is 18.7 Å². The van der Waals surface area contributed by atoms with E-state index in [-0.39, 0.29) is 11.9 Å². The van der Waals surface area contributed by atoms with Crippen molar-refractivity contribution in [2.45, 2.75) is 26.3 Å². The van der Waals surface area contributed by atoms with Crippen LogP contribution in [0.1, 0.15) is 20.3 Å². The minimum Gasteiger partial charge on any atom is -0.399 e. The fraction of sp³-hybridized carbons (Fsp3) is 0.533. The number of ether oxygens (including phenoxy) is 1. The molecule has 1 unspecified atom stereocenters. The summed E-state index contributed by atoms with van der Waals surface area (Å²) in [6, 6.07) is 7.61. The van der Waals surface area contributed by atoms with Gasteiger partial charge in [-0.15, -0.1) is 0 Å². The van der Waals surface area contributed by atoms with Gasteiger partial charge in [-0.05, 0) is 31.5 Å². The lowest BCUT2D eigenvalue weighted by Crippen LogP contribution is -2.43. The van der Waals surface area contributed by atoms with Crippen LogP contribution < -0.4 is 16.0 Å². The third-order valence-corrected chi connectivity index (χ3v) is 2.89. The molecular weight excluding hydrogens is 254 g/mol. The van der Waals surface area contributed by atoms with Crippen molar-refractivity contribution in [3.05, 3.63) is 24.3 Å². The number of benzene rings is 1. The van der Waals surface area contributed by atoms with E-state index in [9.17, 15) is 4.79 Å². The van der Waals surface area contributed by atoms with Gasteiger partial charge in [0.15, 0.2) is 0 Å². The number of rotatable bonds is 8. The lowest BCUT2D eigenvalue weighted by Gasteiger charge is -2.25. The van der Waals surface area contributed by atoms with Gasteiger partial charge in [-0.1, -0.05) is 13.0 Å². The first kappa shape index (κ1) is 16.3. The zero-order valence-electron chi connectivity index (χ0n) is 12.6. The molecule has 0 bridgehead atoms. The molecule has 0 aromatic heterocycles. The first-order valence-corrected chi connectivity index (χ1v) is 6.95. The van der Waals surface area contributed by atoms with Crippen LogP contribution in [-0.4, -0.2) is 38.8 Å². The number of hydrogen-bond donors (Lipinski definition) is 2. The molecule has 0 saturated carbocycles. The summed E-state index contributed by atoms with van der Waals surface area (Å²) >= 11 is 0. The molecule has 0 aliphatic rings. The number of nitrogens with one attached hydrogen (secondary N) is 1. The van der Waals surface area contributed by atoms with Gasteiger partial charge >= 0.3 is 0 Å². The van der Waals surface area contributed by atoms with E-state index >= 15 is 0 Å². The molecule has 1 amide bonds. The largest absolute Gasteiger partial charge is 0.399 e. The molecule has 1 rings (SSSR count). The molecule has 5 heteroatoms. The van der Waals surface area contributed by atoms with Crippen molar-refractivity contribution in [1.29, 1.82) is 0 Å². The highest BCUT2D eigenvalue weighted by molar-refractivity contribution is 5.81. The Morgan fingerprint density at radius 3 is 2.85 bits per heavy atom. The summed E-state index contributed by atoms with van der Waals surface area (Å²) in [5.41, 5.74) is 7.48. The van der Waals surface area contributed by atoms with Gasteiger partial charge in [0.25, 0.3) is 0 Å². The Kier molecular flexibility index (Phi) is 6.87. The van der Waals surface area contributed by atoms with Crippen LogP contribution in [0.5, 0.6) is 0 Å². The molecule has 1 aromatic rings. The molecule has 0 heterocycles. The Hall–Kier alpha value is -1.75. The van der Waals surface area contributed by atoms with E-state index < -0.39 is 0 Å². The van der Waals surface area contributed by atoms with Crippen molar-refractivity contribution in [3.8, 4) is 0 Å². The van der Waals surface area contributed by atoms with E-state index in [1.807, 2.05) is 36.1 Å². The first-order chi connectivity index (χ1) is 9.56. The fourth-order valence-corrected chi connectivity index (χ4v) is 2.08. The summed E-state index contributed by atoms with van der Waals surface area (Å²) in [5.74, 6) is -0.00887. The van der Waals surface area contributed by atoms with Crippen LogP contribution >= 0.6 is 0 Å². The average Bonchev–Trinajstić information content (AvgIpc) is 2.38. The zero-order chi connectivity index (χ0) is 15.0. The number of amides is 1. The summed E-state index contributed by atoms with van der Waals surface area (Å²) in [5, 5.41) is 2.92. The molecule has 0 aliphatic carbocycles. The van der Waals surface area contributed by atoms with Gasteiger partial charge in [0, 0.05) is 31.1 Å². The number of nitrogen functional groups attached to an aromatic ring is 1. The van der Waals surface area contributed by atoms with Crippen LogP contribution in [0.15, 0.2) is 24.3 Å². The quantitative estimate of drug-likeness (QED) is 0.710. The SMILES string of the molecule is CCCN(CC(=O)NC(C)COC)c1cccc(N)c1. The monoisotopic (exact) mass is 279 g/mol. The molecule has 5 nitrogen and oxygen atoms in total. The normalized spacial score (nSPS) is 11.9. The van der Waals surface area contributed by atoms with Crippen LogP contribution in [0.3, 0.4) is 0 Å². The highest BCUT2D eigenvalue weighted by Gasteiger charge is 2.13. The maximum atomic E-state index is 12.0. The van der Waals surface area contributed by atoms with Gasteiger partial charge in [-0.25, -0.2) is 0 Å². The Balaban J connectivity index is 2.65. The van der Waals surface area contributed by atoms with Gasteiger partial charge in [0.2, 0.25) is 5.91 Å². The van der Waals surface area contributed by atoms with E-state index in [0.29, 0.717) is 18.8 Å². The molecule has 20 heavy (non-hydrogen) atoms. The molecule has 1 aromatic carbocycles. The number of methoxy groups -OCH3 is 1. The second-order valence-electron chi connectivity index (χ2n) is 4.94. The van der Waals surface area contributed by atoms with Crippen LogP contribution in [0.2, 0.25) is 0 Å². The average molecular weight is 279 g/mol. The molecule has 112 valence electrons. The molecule has 0 radical (unpaired) electrons. The highest BCUT2D eigenvalue weighted by Crippen LogP contribution is 2.17. The summed E-state index contributed by atoms with van der Waals surface area (Å²) in [4.78, 5) is 14.1. The molecular formula is C15H25N3O2. The Morgan fingerprint density at radius 2 is 2.25 bits per heavy atom. The number of carbonyl (C=O) groups excluding carboxylic acids is 1. The van der Waals surface area contributed by atoms with Crippen molar-refractivity contribution < 1.29 is 9.53 Å². The predicted octanol–water partition coefficient (Wildman–Crippen LogP) is 1.64. The van der Waals surface area contributed by atoms with Gasteiger partial charge in [0.05, 0.1) is 13.2 Å². The summed E-state index contributed by atoms with van der Waals surface area (Å²) in [6.45, 7) is 5.66. The predicted molar refractivity (Wildman–Crippen MR) is 82.8 cm³/mol. The topological polar surface area (TPSA) is 67.6 Å². The van der Waals surface area contributed by atoms with E-state index in [2.05, 4.69) is 12.2 Å². The smallest absolute Gasteiger partial charge is 0.239 e. The van der Waals surface area contributed by atoms with Gasteiger partial charge in [-0.2, -0.15) is 0 Å². The molecule has 1 atom stereocenters. The maximum Gasteiger partial charge on any atom is 0.239 e. The standard InChI is InChI=1S/C15H25N3O2/c1-4-8-18(14-7-5-6-13(16)9-14)10-15(19)17-12(2)11-20-3/h5-7,9,12H,4,8,10-11,16H2,1-3H3,(H,17,19). The van der Waals surface area contributed by atoms with E-state index in [4.69, 9.17) is 10.5 Å². The number of anilines is 2. The van der Waals surface area contributed by atoms with Crippen LogP contribution in [-0.2, 0) is 9.53 Å². The number of nitrogens with zero attached hydrogens (tertiary/aromatic N) is 1. The van der Waals surface area contributed by atoms with Gasteiger partial charge in [0.1, 0.15) is 0 Å². The number of carbonyl (C=O) groups is 1. The van der Waals surface area contributed by atoms with Gasteiger partial charge in [-0.3, -0.25) is 4.79 Å². The van der Waals surface area contributed by atoms with Crippen LogP contribution in [0.4, 0.5) is 11.4 Å². The van der Waals surface area contributed by atoms with Crippen molar-refractivity contribution in [2.24, 2.45) is 0 Å². The lowest BCUT2D eigenvalue weighted by atomic mass is 10.2. The third-order valence-electron chi connectivity index (χ3n) is 2.89. The molecule has 0 saturated heterocycles. The fourth-order valence-electron chi connectivity index (χ4n) is 2.08. The third kappa shape index (κ3) is 5.48. The van der Waals surface area contributed by atoms with Gasteiger partial charge < -0.3 is 20.7 Å². The second-order valence-corrected chi connectivity index (χ2v) is 4.94. The van der Waals surface area contributed by atoms with Crippen molar-refractivity contribution in [2.75, 3.05) is 37.4 Å². The minimum absolute atomic E-state index is 0.00887. The number of hydrogen-bond acceptors (Lipinski definition) is 4. The molecule has 0 fully saturated rings. The minimum atomic E-state index is -0.00887. The van der Waals surface area contributed by atoms with E-state index in [1.165, 1.54) is 0 Å². The molecule has 0 spiro atoms. The highest BCUT2D eigenvalue weighted by atomic mass is 16.5. The maximum absolute atomic E-state index is 12.0. The summed E-state index contributed by atoms with van der Waals surface area (Å²) in [6.07, 6.45) is 0.968.